The first-order chi connectivity index (χ1) is 6.61. The maximum absolute atomic E-state index is 12.5. The largest absolute Gasteiger partial charge is 0.280 e. The summed E-state index contributed by atoms with van der Waals surface area (Å²) in [6.07, 6.45) is -1.36. The van der Waals surface area contributed by atoms with Crippen LogP contribution < -0.4 is 0 Å². The van der Waals surface area contributed by atoms with Crippen LogP contribution >= 0.6 is 38.5 Å². The highest BCUT2D eigenvalue weighted by atomic mass is 127. The van der Waals surface area contributed by atoms with E-state index in [0.29, 0.717) is 3.57 Å². The molecule has 0 aliphatic carbocycles. The minimum Gasteiger partial charge on any atom is -0.254 e. The molecule has 1 aromatic rings. The molecule has 0 radical (unpaired) electrons. The van der Waals surface area contributed by atoms with Crippen molar-refractivity contribution in [3.8, 4) is 6.07 Å². The molecule has 74 valence electrons. The van der Waals surface area contributed by atoms with E-state index in [1.165, 1.54) is 6.20 Å². The topological polar surface area (TPSA) is 36.7 Å². The Kier molecular flexibility index (Phi) is 4.19. The fourth-order valence-electron chi connectivity index (χ4n) is 0.985. The number of pyridine rings is 1. The van der Waals surface area contributed by atoms with Gasteiger partial charge in [0.15, 0.2) is 0 Å². The van der Waals surface area contributed by atoms with Crippen molar-refractivity contribution in [2.24, 2.45) is 0 Å². The number of aromatic nitrogens is 1. The highest BCUT2D eigenvalue weighted by Gasteiger charge is 2.19. The fraction of sp³-hybridized carbons (Fsp3) is 0.250. The third kappa shape index (κ3) is 2.20. The number of nitriles is 1. The molecule has 0 unspecified atom stereocenters. The monoisotopic (exact) mass is 372 g/mol. The van der Waals surface area contributed by atoms with Gasteiger partial charge in [0.2, 0.25) is 0 Å². The number of nitrogens with zero attached hydrogens (tertiary/aromatic N) is 2. The number of halogens is 4. The van der Waals surface area contributed by atoms with Crippen LogP contribution in [0.1, 0.15) is 23.2 Å². The average Bonchev–Trinajstić information content (AvgIpc) is 2.16. The average molecular weight is 373 g/mol. The number of rotatable bonds is 2. The maximum atomic E-state index is 12.5. The van der Waals surface area contributed by atoms with Gasteiger partial charge in [-0.2, -0.15) is 5.26 Å². The van der Waals surface area contributed by atoms with E-state index >= 15 is 0 Å². The first-order valence-electron chi connectivity index (χ1n) is 3.53. The zero-order chi connectivity index (χ0) is 10.7. The summed E-state index contributed by atoms with van der Waals surface area (Å²) >= 11 is 4.97. The van der Waals surface area contributed by atoms with Crippen LogP contribution in [0, 0.1) is 14.9 Å². The molecular formula is C8H4BrF2IN2. The van der Waals surface area contributed by atoms with Gasteiger partial charge in [-0.1, -0.05) is 15.9 Å². The van der Waals surface area contributed by atoms with E-state index in [2.05, 4.69) is 20.9 Å². The molecule has 0 aromatic carbocycles. The second-order valence-electron chi connectivity index (χ2n) is 2.39. The molecule has 0 spiro atoms. The van der Waals surface area contributed by atoms with Gasteiger partial charge in [0.05, 0.1) is 5.56 Å². The standard InChI is InChI=1S/C8H4BrF2IN2/c9-1-4-5(2-13)6(12)3-14-7(4)8(10)11/h3,8H,1H2. The van der Waals surface area contributed by atoms with Gasteiger partial charge in [0.1, 0.15) is 11.8 Å². The van der Waals surface area contributed by atoms with Crippen LogP contribution in [0.25, 0.3) is 0 Å². The zero-order valence-electron chi connectivity index (χ0n) is 6.77. The Balaban J connectivity index is 3.42. The molecule has 1 heterocycles. The quantitative estimate of drug-likeness (QED) is 0.589. The van der Waals surface area contributed by atoms with Crippen molar-refractivity contribution in [1.82, 2.24) is 4.98 Å². The number of hydrogen-bond acceptors (Lipinski definition) is 2. The Morgan fingerprint density at radius 1 is 1.64 bits per heavy atom. The molecule has 0 saturated heterocycles. The predicted octanol–water partition coefficient (Wildman–Crippen LogP) is 3.39. The summed E-state index contributed by atoms with van der Waals surface area (Å²) in [7, 11) is 0. The minimum absolute atomic E-state index is 0.208. The van der Waals surface area contributed by atoms with Crippen molar-refractivity contribution in [1.29, 1.82) is 5.26 Å². The first-order valence-corrected chi connectivity index (χ1v) is 5.73. The molecule has 0 aliphatic heterocycles. The van der Waals surface area contributed by atoms with E-state index < -0.39 is 6.43 Å². The summed E-state index contributed by atoms with van der Waals surface area (Å²) in [6.45, 7) is 0. The molecule has 0 bridgehead atoms. The van der Waals surface area contributed by atoms with Crippen molar-refractivity contribution in [3.05, 3.63) is 26.6 Å². The summed E-state index contributed by atoms with van der Waals surface area (Å²) in [5.41, 5.74) is 0.223. The Bertz CT molecular complexity index is 390. The summed E-state index contributed by atoms with van der Waals surface area (Å²) < 4.78 is 25.5. The summed E-state index contributed by atoms with van der Waals surface area (Å²) in [5, 5.41) is 9.00. The van der Waals surface area contributed by atoms with E-state index in [1.807, 2.05) is 28.7 Å². The molecule has 0 N–H and O–H groups in total. The SMILES string of the molecule is N#Cc1c(I)cnc(C(F)F)c1CBr. The van der Waals surface area contributed by atoms with E-state index in [1.54, 1.807) is 0 Å². The smallest absolute Gasteiger partial charge is 0.254 e. The van der Waals surface area contributed by atoms with Crippen LogP contribution in [-0.4, -0.2) is 4.98 Å². The van der Waals surface area contributed by atoms with Crippen LogP contribution in [0.2, 0.25) is 0 Å². The minimum atomic E-state index is -2.65. The number of alkyl halides is 3. The van der Waals surface area contributed by atoms with Crippen molar-refractivity contribution in [2.75, 3.05) is 0 Å². The Labute approximate surface area is 102 Å². The van der Waals surface area contributed by atoms with Gasteiger partial charge < -0.3 is 0 Å². The van der Waals surface area contributed by atoms with E-state index in [0.717, 1.165) is 0 Å². The van der Waals surface area contributed by atoms with Crippen molar-refractivity contribution >= 4 is 38.5 Å². The van der Waals surface area contributed by atoms with Gasteiger partial charge in [-0.3, -0.25) is 4.98 Å². The van der Waals surface area contributed by atoms with Crippen molar-refractivity contribution in [3.63, 3.8) is 0 Å². The lowest BCUT2D eigenvalue weighted by Gasteiger charge is -2.07. The highest BCUT2D eigenvalue weighted by Crippen LogP contribution is 2.27. The van der Waals surface area contributed by atoms with E-state index in [4.69, 9.17) is 5.26 Å². The molecule has 0 atom stereocenters. The predicted molar refractivity (Wildman–Crippen MR) is 59.3 cm³/mol. The van der Waals surface area contributed by atoms with Crippen LogP contribution in [0.15, 0.2) is 6.20 Å². The molecule has 1 rings (SSSR count). The van der Waals surface area contributed by atoms with Crippen LogP contribution in [0.4, 0.5) is 8.78 Å². The first kappa shape index (κ1) is 11.8. The second kappa shape index (κ2) is 4.98. The van der Waals surface area contributed by atoms with Crippen LogP contribution in [-0.2, 0) is 5.33 Å². The zero-order valence-corrected chi connectivity index (χ0v) is 10.5. The van der Waals surface area contributed by atoms with E-state index in [9.17, 15) is 8.78 Å². The molecule has 14 heavy (non-hydrogen) atoms. The lowest BCUT2D eigenvalue weighted by molar-refractivity contribution is 0.145. The lowest BCUT2D eigenvalue weighted by Crippen LogP contribution is -2.02. The third-order valence-corrected chi connectivity index (χ3v) is 3.00. The lowest BCUT2D eigenvalue weighted by atomic mass is 10.1. The molecular weight excluding hydrogens is 369 g/mol. The molecule has 0 fully saturated rings. The van der Waals surface area contributed by atoms with Gasteiger partial charge in [-0.25, -0.2) is 8.78 Å². The van der Waals surface area contributed by atoms with Crippen LogP contribution in [0.3, 0.4) is 0 Å². The Morgan fingerprint density at radius 3 is 2.71 bits per heavy atom. The highest BCUT2D eigenvalue weighted by molar-refractivity contribution is 14.1. The fourth-order valence-corrected chi connectivity index (χ4v) is 2.14. The van der Waals surface area contributed by atoms with Crippen molar-refractivity contribution in [2.45, 2.75) is 11.8 Å². The summed E-state index contributed by atoms with van der Waals surface area (Å²) in [4.78, 5) is 3.62. The normalized spacial score (nSPS) is 10.3. The molecule has 0 aliphatic rings. The van der Waals surface area contributed by atoms with Gasteiger partial charge >= 0.3 is 0 Å². The Hall–Kier alpha value is -0.290. The molecule has 6 heteroatoms. The van der Waals surface area contributed by atoms with Gasteiger partial charge in [-0.05, 0) is 22.6 Å². The molecule has 2 nitrogen and oxygen atoms in total. The molecule has 1 aromatic heterocycles. The summed E-state index contributed by atoms with van der Waals surface area (Å²) in [5.74, 6) is 0. The maximum Gasteiger partial charge on any atom is 0.280 e. The van der Waals surface area contributed by atoms with Gasteiger partial charge in [0.25, 0.3) is 6.43 Å². The van der Waals surface area contributed by atoms with Crippen LogP contribution in [0.5, 0.6) is 0 Å². The number of hydrogen-bond donors (Lipinski definition) is 0. The van der Waals surface area contributed by atoms with Gasteiger partial charge in [-0.15, -0.1) is 0 Å². The Morgan fingerprint density at radius 2 is 2.29 bits per heavy atom. The van der Waals surface area contributed by atoms with E-state index in [-0.39, 0.29) is 22.2 Å². The third-order valence-electron chi connectivity index (χ3n) is 1.62. The van der Waals surface area contributed by atoms with Gasteiger partial charge in [0, 0.05) is 20.7 Å². The molecule has 0 amide bonds. The summed E-state index contributed by atoms with van der Waals surface area (Å²) in [6, 6.07) is 1.90. The van der Waals surface area contributed by atoms with Crippen molar-refractivity contribution < 1.29 is 8.78 Å². The second-order valence-corrected chi connectivity index (χ2v) is 4.11. The molecule has 0 saturated carbocycles.